The Morgan fingerprint density at radius 2 is 1.88 bits per heavy atom. The second kappa shape index (κ2) is 9.72. The van der Waals surface area contributed by atoms with Gasteiger partial charge in [-0.2, -0.15) is 0 Å². The summed E-state index contributed by atoms with van der Waals surface area (Å²) in [7, 11) is 1.63. The lowest BCUT2D eigenvalue weighted by Crippen LogP contribution is -2.28. The molecule has 0 aliphatic heterocycles. The van der Waals surface area contributed by atoms with Crippen LogP contribution in [0.25, 0.3) is 0 Å². The standard InChI is InChI=1S/C18H19BrN2O3/c1-23-17-8-4-14(5-9-17)10-11-20-18(22)13-24-21-12-15-2-6-16(19)7-3-15/h2-9,12H,10-11,13H2,1H3,(H,20,22)/b21-12-. The first-order valence-corrected chi connectivity index (χ1v) is 8.27. The average Bonchev–Trinajstić information content (AvgIpc) is 2.61. The van der Waals surface area contributed by atoms with Crippen molar-refractivity contribution in [3.8, 4) is 5.75 Å². The van der Waals surface area contributed by atoms with Crippen molar-refractivity contribution in [3.05, 3.63) is 64.1 Å². The molecule has 0 bridgehead atoms. The zero-order valence-corrected chi connectivity index (χ0v) is 15.0. The molecule has 2 aromatic rings. The molecule has 0 heterocycles. The molecular weight excluding hydrogens is 372 g/mol. The molecule has 0 saturated carbocycles. The fraction of sp³-hybridized carbons (Fsp3) is 0.222. The van der Waals surface area contributed by atoms with Gasteiger partial charge in [0.1, 0.15) is 5.75 Å². The van der Waals surface area contributed by atoms with Crippen molar-refractivity contribution in [3.63, 3.8) is 0 Å². The Morgan fingerprint density at radius 1 is 1.17 bits per heavy atom. The number of amides is 1. The zero-order valence-electron chi connectivity index (χ0n) is 13.4. The van der Waals surface area contributed by atoms with Crippen LogP contribution in [0, 0.1) is 0 Å². The molecular formula is C18H19BrN2O3. The van der Waals surface area contributed by atoms with Gasteiger partial charge >= 0.3 is 0 Å². The van der Waals surface area contributed by atoms with E-state index in [9.17, 15) is 4.79 Å². The predicted octanol–water partition coefficient (Wildman–Crippen LogP) is 3.17. The molecule has 24 heavy (non-hydrogen) atoms. The molecule has 1 amide bonds. The minimum atomic E-state index is -0.198. The fourth-order valence-corrected chi connectivity index (χ4v) is 2.20. The summed E-state index contributed by atoms with van der Waals surface area (Å²) in [5.41, 5.74) is 2.03. The minimum Gasteiger partial charge on any atom is -0.497 e. The minimum absolute atomic E-state index is 0.102. The summed E-state index contributed by atoms with van der Waals surface area (Å²) in [6, 6.07) is 15.4. The highest BCUT2D eigenvalue weighted by atomic mass is 79.9. The number of nitrogens with one attached hydrogen (secondary N) is 1. The Bertz CT molecular complexity index is 670. The van der Waals surface area contributed by atoms with Crippen molar-refractivity contribution in [1.82, 2.24) is 5.32 Å². The van der Waals surface area contributed by atoms with Crippen molar-refractivity contribution in [2.45, 2.75) is 6.42 Å². The van der Waals surface area contributed by atoms with E-state index in [1.165, 1.54) is 0 Å². The van der Waals surface area contributed by atoms with Crippen molar-refractivity contribution >= 4 is 28.1 Å². The Kier molecular flexibility index (Phi) is 7.29. The summed E-state index contributed by atoms with van der Waals surface area (Å²) in [6.45, 7) is 0.445. The Morgan fingerprint density at radius 3 is 2.54 bits per heavy atom. The second-order valence-electron chi connectivity index (χ2n) is 5.01. The second-order valence-corrected chi connectivity index (χ2v) is 5.92. The van der Waals surface area contributed by atoms with Crippen LogP contribution in [0.1, 0.15) is 11.1 Å². The number of benzene rings is 2. The van der Waals surface area contributed by atoms with Crippen LogP contribution in [0.5, 0.6) is 5.75 Å². The molecule has 0 radical (unpaired) electrons. The molecule has 0 atom stereocenters. The lowest BCUT2D eigenvalue weighted by molar-refractivity contribution is -0.125. The molecule has 0 fully saturated rings. The van der Waals surface area contributed by atoms with E-state index in [1.807, 2.05) is 48.5 Å². The number of nitrogens with zero attached hydrogens (tertiary/aromatic N) is 1. The molecule has 0 aliphatic rings. The summed E-state index contributed by atoms with van der Waals surface area (Å²) >= 11 is 3.36. The maximum absolute atomic E-state index is 11.7. The smallest absolute Gasteiger partial charge is 0.260 e. The highest BCUT2D eigenvalue weighted by Crippen LogP contribution is 2.11. The normalized spacial score (nSPS) is 10.6. The number of hydrogen-bond acceptors (Lipinski definition) is 4. The monoisotopic (exact) mass is 390 g/mol. The number of halogens is 1. The molecule has 2 aromatic carbocycles. The molecule has 2 rings (SSSR count). The van der Waals surface area contributed by atoms with Crippen LogP contribution in [0.15, 0.2) is 58.2 Å². The van der Waals surface area contributed by atoms with E-state index >= 15 is 0 Å². The van der Waals surface area contributed by atoms with Gasteiger partial charge < -0.3 is 14.9 Å². The van der Waals surface area contributed by atoms with Gasteiger partial charge in [0.15, 0.2) is 6.61 Å². The van der Waals surface area contributed by atoms with E-state index < -0.39 is 0 Å². The lowest BCUT2D eigenvalue weighted by Gasteiger charge is -2.05. The summed E-state index contributed by atoms with van der Waals surface area (Å²) in [5, 5.41) is 6.57. The number of ether oxygens (including phenoxy) is 1. The fourth-order valence-electron chi connectivity index (χ4n) is 1.93. The third-order valence-corrected chi connectivity index (χ3v) is 3.77. The number of carbonyl (C=O) groups is 1. The predicted molar refractivity (Wildman–Crippen MR) is 97.4 cm³/mol. The molecule has 1 N–H and O–H groups in total. The van der Waals surface area contributed by atoms with E-state index in [1.54, 1.807) is 13.3 Å². The molecule has 5 nitrogen and oxygen atoms in total. The number of carbonyl (C=O) groups excluding carboxylic acids is 1. The van der Waals surface area contributed by atoms with Gasteiger partial charge in [-0.05, 0) is 41.8 Å². The van der Waals surface area contributed by atoms with Crippen LogP contribution in [-0.2, 0) is 16.1 Å². The summed E-state index contributed by atoms with van der Waals surface area (Å²) < 4.78 is 6.10. The lowest BCUT2D eigenvalue weighted by atomic mass is 10.1. The Hall–Kier alpha value is -2.34. The largest absolute Gasteiger partial charge is 0.497 e. The van der Waals surface area contributed by atoms with Gasteiger partial charge in [-0.25, -0.2) is 0 Å². The number of rotatable bonds is 8. The highest BCUT2D eigenvalue weighted by Gasteiger charge is 2.01. The van der Waals surface area contributed by atoms with Crippen LogP contribution in [0.2, 0.25) is 0 Å². The summed E-state index contributed by atoms with van der Waals surface area (Å²) in [6.07, 6.45) is 2.31. The molecule has 126 valence electrons. The van der Waals surface area contributed by atoms with Crippen molar-refractivity contribution in [2.24, 2.45) is 5.16 Å². The van der Waals surface area contributed by atoms with Crippen molar-refractivity contribution in [1.29, 1.82) is 0 Å². The summed E-state index contributed by atoms with van der Waals surface area (Å²) in [5.74, 6) is 0.622. The molecule has 0 unspecified atom stereocenters. The maximum Gasteiger partial charge on any atom is 0.260 e. The Labute approximate surface area is 149 Å². The highest BCUT2D eigenvalue weighted by molar-refractivity contribution is 9.10. The van der Waals surface area contributed by atoms with Crippen LogP contribution < -0.4 is 10.1 Å². The third-order valence-electron chi connectivity index (χ3n) is 3.24. The maximum atomic E-state index is 11.7. The first-order valence-electron chi connectivity index (χ1n) is 7.48. The van der Waals surface area contributed by atoms with Crippen LogP contribution in [0.3, 0.4) is 0 Å². The summed E-state index contributed by atoms with van der Waals surface area (Å²) in [4.78, 5) is 16.6. The van der Waals surface area contributed by atoms with Crippen molar-refractivity contribution < 1.29 is 14.4 Å². The van der Waals surface area contributed by atoms with E-state index in [0.717, 1.165) is 27.8 Å². The number of methoxy groups -OCH3 is 1. The molecule has 0 saturated heterocycles. The first kappa shape index (κ1) is 18.0. The number of hydrogen-bond donors (Lipinski definition) is 1. The molecule has 0 aliphatic carbocycles. The van der Waals surface area contributed by atoms with Gasteiger partial charge in [0.2, 0.25) is 0 Å². The van der Waals surface area contributed by atoms with E-state index in [4.69, 9.17) is 9.57 Å². The van der Waals surface area contributed by atoms with E-state index in [-0.39, 0.29) is 12.5 Å². The average molecular weight is 391 g/mol. The Balaban J connectivity index is 1.63. The molecule has 6 heteroatoms. The zero-order chi connectivity index (χ0) is 17.2. The van der Waals surface area contributed by atoms with Crippen molar-refractivity contribution in [2.75, 3.05) is 20.3 Å². The molecule has 0 aromatic heterocycles. The van der Waals surface area contributed by atoms with Gasteiger partial charge in [-0.3, -0.25) is 4.79 Å². The third kappa shape index (κ3) is 6.42. The van der Waals surface area contributed by atoms with Crippen LogP contribution in [-0.4, -0.2) is 32.4 Å². The van der Waals surface area contributed by atoms with E-state index in [0.29, 0.717) is 6.54 Å². The number of oxime groups is 1. The van der Waals surface area contributed by atoms with Crippen LogP contribution in [0.4, 0.5) is 0 Å². The van der Waals surface area contributed by atoms with E-state index in [2.05, 4.69) is 26.4 Å². The van der Waals surface area contributed by atoms with Crippen LogP contribution >= 0.6 is 15.9 Å². The topological polar surface area (TPSA) is 59.9 Å². The molecule has 0 spiro atoms. The quantitative estimate of drug-likeness (QED) is 0.556. The van der Waals surface area contributed by atoms with Gasteiger partial charge in [-0.15, -0.1) is 0 Å². The van der Waals surface area contributed by atoms with Gasteiger partial charge in [0.25, 0.3) is 5.91 Å². The first-order chi connectivity index (χ1) is 11.7. The van der Waals surface area contributed by atoms with Gasteiger partial charge in [0, 0.05) is 11.0 Å². The SMILES string of the molecule is COc1ccc(CCNC(=O)CO/N=C\c2ccc(Br)cc2)cc1. The van der Waals surface area contributed by atoms with Gasteiger partial charge in [0.05, 0.1) is 13.3 Å². The van der Waals surface area contributed by atoms with Gasteiger partial charge in [-0.1, -0.05) is 45.4 Å².